The zero-order chi connectivity index (χ0) is 23.2. The minimum Gasteiger partial charge on any atom is -0.0584 e. The highest BCUT2D eigenvalue weighted by Gasteiger charge is 2.22. The van der Waals surface area contributed by atoms with Crippen molar-refractivity contribution in [3.05, 3.63) is 79.9 Å². The van der Waals surface area contributed by atoms with E-state index in [4.69, 9.17) is 0 Å². The molecule has 0 aliphatic rings. The molecule has 0 atom stereocenters. The first kappa shape index (κ1) is 21.0. The van der Waals surface area contributed by atoms with Crippen LogP contribution in [0.25, 0.3) is 43.1 Å². The number of rotatable bonds is 0. The van der Waals surface area contributed by atoms with Crippen LogP contribution in [0.4, 0.5) is 0 Å². The third-order valence-electron chi connectivity index (χ3n) is 8.24. The summed E-state index contributed by atoms with van der Waals surface area (Å²) in [6, 6.07) is 9.14. The van der Waals surface area contributed by atoms with Crippen molar-refractivity contribution in [2.75, 3.05) is 0 Å². The first-order valence-electron chi connectivity index (χ1n) is 11.8. The molecule has 0 fully saturated rings. The van der Waals surface area contributed by atoms with Crippen LogP contribution in [0.3, 0.4) is 0 Å². The van der Waals surface area contributed by atoms with Gasteiger partial charge in [-0.25, -0.2) is 0 Å². The molecule has 162 valence electrons. The van der Waals surface area contributed by atoms with E-state index in [0.29, 0.717) is 0 Å². The second-order valence-electron chi connectivity index (χ2n) is 10.1. The van der Waals surface area contributed by atoms with Crippen LogP contribution in [0.1, 0.15) is 55.6 Å². The molecule has 0 bridgehead atoms. The van der Waals surface area contributed by atoms with Gasteiger partial charge in [-0.1, -0.05) is 24.3 Å². The van der Waals surface area contributed by atoms with Gasteiger partial charge in [0.15, 0.2) is 0 Å². The van der Waals surface area contributed by atoms with Crippen LogP contribution in [-0.2, 0) is 0 Å². The fourth-order valence-electron chi connectivity index (χ4n) is 6.93. The van der Waals surface area contributed by atoms with Gasteiger partial charge in [0.05, 0.1) is 0 Å². The Labute approximate surface area is 192 Å². The maximum Gasteiger partial charge on any atom is -0.0107 e. The molecule has 5 aromatic rings. The summed E-state index contributed by atoms with van der Waals surface area (Å²) >= 11 is 0. The number of fused-ring (bicyclic) bond motifs is 4. The molecule has 0 nitrogen and oxygen atoms in total. The van der Waals surface area contributed by atoms with Gasteiger partial charge in [0, 0.05) is 0 Å². The molecule has 0 spiro atoms. The highest BCUT2D eigenvalue weighted by molar-refractivity contribution is 6.20. The van der Waals surface area contributed by atoms with Gasteiger partial charge in [0.25, 0.3) is 0 Å². The van der Waals surface area contributed by atoms with Crippen molar-refractivity contribution in [2.24, 2.45) is 0 Å². The fourth-order valence-corrected chi connectivity index (χ4v) is 6.93. The van der Waals surface area contributed by atoms with Gasteiger partial charge >= 0.3 is 0 Å². The van der Waals surface area contributed by atoms with E-state index in [9.17, 15) is 0 Å². The van der Waals surface area contributed by atoms with Gasteiger partial charge in [-0.15, -0.1) is 0 Å². The van der Waals surface area contributed by atoms with E-state index in [2.05, 4.69) is 93.5 Å². The van der Waals surface area contributed by atoms with Crippen molar-refractivity contribution in [2.45, 2.75) is 69.2 Å². The molecular weight excluding hydrogens is 384 g/mol. The molecule has 0 amide bonds. The molecule has 0 saturated heterocycles. The first-order chi connectivity index (χ1) is 15.1. The molecular formula is C32H34. The quantitative estimate of drug-likeness (QED) is 0.220. The zero-order valence-electron chi connectivity index (χ0n) is 21.3. The van der Waals surface area contributed by atoms with Crippen LogP contribution < -0.4 is 0 Å². The number of hydrogen-bond donors (Lipinski definition) is 0. The summed E-state index contributed by atoms with van der Waals surface area (Å²) in [5.41, 5.74) is 14.1. The van der Waals surface area contributed by atoms with Crippen LogP contribution in [0.5, 0.6) is 0 Å². The lowest BCUT2D eigenvalue weighted by Crippen LogP contribution is -2.01. The molecule has 0 heterocycles. The molecule has 0 unspecified atom stereocenters. The molecule has 0 aliphatic carbocycles. The van der Waals surface area contributed by atoms with Crippen molar-refractivity contribution in [3.63, 3.8) is 0 Å². The van der Waals surface area contributed by atoms with Crippen molar-refractivity contribution >= 4 is 43.1 Å². The van der Waals surface area contributed by atoms with Gasteiger partial charge in [-0.2, -0.15) is 0 Å². The second kappa shape index (κ2) is 6.82. The monoisotopic (exact) mass is 418 g/mol. The van der Waals surface area contributed by atoms with Crippen molar-refractivity contribution in [1.29, 1.82) is 0 Å². The molecule has 32 heavy (non-hydrogen) atoms. The van der Waals surface area contributed by atoms with E-state index < -0.39 is 0 Å². The maximum atomic E-state index is 2.36. The smallest absolute Gasteiger partial charge is 0.0107 e. The molecule has 0 heteroatoms. The maximum absolute atomic E-state index is 2.36. The largest absolute Gasteiger partial charge is 0.0584 e. The average Bonchev–Trinajstić information content (AvgIpc) is 2.74. The third-order valence-corrected chi connectivity index (χ3v) is 8.24. The minimum absolute atomic E-state index is 1.38. The summed E-state index contributed by atoms with van der Waals surface area (Å²) < 4.78 is 0. The SMILES string of the molecule is Cc1ccc(C)c2c(C)c3c(C)c4c(C)c5c(C)ccc(C)c5c(C)c4c(C)c3c(C)c12. The number of hydrogen-bond acceptors (Lipinski definition) is 0. The second-order valence-corrected chi connectivity index (χ2v) is 10.1. The minimum atomic E-state index is 1.38. The lowest BCUT2D eigenvalue weighted by Gasteiger charge is -2.24. The van der Waals surface area contributed by atoms with Crippen LogP contribution in [0.15, 0.2) is 24.3 Å². The van der Waals surface area contributed by atoms with Crippen molar-refractivity contribution in [1.82, 2.24) is 0 Å². The van der Waals surface area contributed by atoms with Gasteiger partial charge in [0.2, 0.25) is 0 Å². The third kappa shape index (κ3) is 2.44. The Morgan fingerprint density at radius 3 is 0.594 bits per heavy atom. The summed E-state index contributed by atoms with van der Waals surface area (Å²) in [5, 5.41) is 11.6. The van der Waals surface area contributed by atoms with E-state index >= 15 is 0 Å². The molecule has 0 aromatic heterocycles. The first-order valence-corrected chi connectivity index (χ1v) is 11.8. The summed E-state index contributed by atoms with van der Waals surface area (Å²) in [6.45, 7) is 23.1. The molecule has 0 saturated carbocycles. The Balaban J connectivity index is 2.22. The lowest BCUT2D eigenvalue weighted by atomic mass is 9.79. The van der Waals surface area contributed by atoms with Crippen molar-refractivity contribution < 1.29 is 0 Å². The summed E-state index contributed by atoms with van der Waals surface area (Å²) in [5.74, 6) is 0. The highest BCUT2D eigenvalue weighted by Crippen LogP contribution is 2.46. The van der Waals surface area contributed by atoms with Gasteiger partial charge in [-0.05, 0) is 168 Å². The van der Waals surface area contributed by atoms with Gasteiger partial charge < -0.3 is 0 Å². The standard InChI is InChI=1S/C32H34/c1-15-11-12-16(2)26-20(6)30-24(10)32-22(8)28-18(4)14-13-17(3)27(28)21(7)31(32)23(9)29(30)19(5)25(15)26/h11-14H,1-10H3. The average molecular weight is 419 g/mol. The Morgan fingerprint density at radius 1 is 0.250 bits per heavy atom. The Hall–Kier alpha value is -2.86. The summed E-state index contributed by atoms with van der Waals surface area (Å²) in [6.07, 6.45) is 0. The van der Waals surface area contributed by atoms with Crippen LogP contribution in [0.2, 0.25) is 0 Å². The number of benzene rings is 5. The predicted octanol–water partition coefficient (Wildman–Crippen LogP) is 9.38. The van der Waals surface area contributed by atoms with E-state index in [1.807, 2.05) is 0 Å². The van der Waals surface area contributed by atoms with Crippen LogP contribution in [0, 0.1) is 69.2 Å². The van der Waals surface area contributed by atoms with E-state index in [1.165, 1.54) is 98.7 Å². The molecule has 0 radical (unpaired) electrons. The summed E-state index contributed by atoms with van der Waals surface area (Å²) in [4.78, 5) is 0. The molecule has 0 aliphatic heterocycles. The topological polar surface area (TPSA) is 0 Å². The van der Waals surface area contributed by atoms with Crippen LogP contribution >= 0.6 is 0 Å². The lowest BCUT2D eigenvalue weighted by molar-refractivity contribution is 1.37. The number of aryl methyl sites for hydroxylation is 10. The van der Waals surface area contributed by atoms with Crippen molar-refractivity contribution in [3.8, 4) is 0 Å². The Kier molecular flexibility index (Phi) is 4.48. The van der Waals surface area contributed by atoms with Crippen LogP contribution in [-0.4, -0.2) is 0 Å². The van der Waals surface area contributed by atoms with E-state index in [-0.39, 0.29) is 0 Å². The highest BCUT2D eigenvalue weighted by atomic mass is 14.3. The van der Waals surface area contributed by atoms with E-state index in [1.54, 1.807) is 0 Å². The Bertz CT molecular complexity index is 1400. The zero-order valence-corrected chi connectivity index (χ0v) is 21.3. The molecule has 5 aromatic carbocycles. The fraction of sp³-hybridized carbons (Fsp3) is 0.312. The molecule has 5 rings (SSSR count). The predicted molar refractivity (Wildman–Crippen MR) is 144 cm³/mol. The normalized spacial score (nSPS) is 12.1. The molecule has 0 N–H and O–H groups in total. The van der Waals surface area contributed by atoms with Gasteiger partial charge in [-0.3, -0.25) is 0 Å². The Morgan fingerprint density at radius 2 is 0.406 bits per heavy atom. The van der Waals surface area contributed by atoms with Gasteiger partial charge in [0.1, 0.15) is 0 Å². The van der Waals surface area contributed by atoms with E-state index in [0.717, 1.165) is 0 Å². The summed E-state index contributed by atoms with van der Waals surface area (Å²) in [7, 11) is 0.